The average Bonchev–Trinajstić information content (AvgIpc) is 3.87. The van der Waals surface area contributed by atoms with Crippen molar-refractivity contribution in [3.8, 4) is 0 Å². The molecule has 3 N–H and O–H groups in total. The number of halogens is 4. The van der Waals surface area contributed by atoms with Gasteiger partial charge in [-0.2, -0.15) is 13.2 Å². The van der Waals surface area contributed by atoms with Crippen molar-refractivity contribution in [3.63, 3.8) is 0 Å². The Labute approximate surface area is 268 Å². The first-order valence-electron chi connectivity index (χ1n) is 16.1. The predicted octanol–water partition coefficient (Wildman–Crippen LogP) is 10.4. The Morgan fingerprint density at radius 1 is 1.04 bits per heavy atom. The fraction of sp³-hybridized carbons (Fsp3) is 0.486. The summed E-state index contributed by atoms with van der Waals surface area (Å²) in [5.74, 6) is -0.358. The van der Waals surface area contributed by atoms with Gasteiger partial charge in [0.25, 0.3) is 0 Å². The molecule has 0 heterocycles. The number of unbranched alkanes of at least 4 members (excludes halogenated alkanes) is 1. The van der Waals surface area contributed by atoms with E-state index in [-0.39, 0.29) is 11.9 Å². The van der Waals surface area contributed by atoms with Gasteiger partial charge in [-0.1, -0.05) is 74.8 Å². The molecule has 8 heteroatoms. The van der Waals surface area contributed by atoms with E-state index < -0.39 is 17.6 Å². The van der Waals surface area contributed by atoms with Gasteiger partial charge in [0.1, 0.15) is 0 Å². The number of alkyl halides is 3. The second-order valence-electron chi connectivity index (χ2n) is 11.7. The van der Waals surface area contributed by atoms with Crippen molar-refractivity contribution < 1.29 is 17.6 Å². The van der Waals surface area contributed by atoms with Crippen molar-refractivity contribution in [2.75, 3.05) is 6.54 Å². The molecule has 1 aliphatic carbocycles. The van der Waals surface area contributed by atoms with Crippen LogP contribution in [0.2, 0.25) is 0 Å². The largest absolute Gasteiger partial charge is 0.416 e. The molecule has 0 unspecified atom stereocenters. The Morgan fingerprint density at radius 3 is 2.24 bits per heavy atom. The highest BCUT2D eigenvalue weighted by atomic mass is 19.4. The first-order chi connectivity index (χ1) is 21.3. The fourth-order valence-electron chi connectivity index (χ4n) is 4.50. The number of allylic oxidation sites excluding steroid dienone is 7. The van der Waals surface area contributed by atoms with Crippen LogP contribution in [0.3, 0.4) is 0 Å². The molecule has 1 aliphatic rings. The summed E-state index contributed by atoms with van der Waals surface area (Å²) >= 11 is 0. The van der Waals surface area contributed by atoms with Gasteiger partial charge in [0.05, 0.1) is 11.3 Å². The fourth-order valence-corrected chi connectivity index (χ4v) is 4.50. The van der Waals surface area contributed by atoms with E-state index >= 15 is 4.39 Å². The molecule has 1 aromatic rings. The standard InChI is InChI=1S/C37H52F4N4/c1-8-12-13-33(42)22-31(27(6)10-3)17-14-29(11-4)24-44-36(43-23-26(5)9-2)35(38)28(7)45(34-20-21-34)25-30-15-18-32(19-16-30)37(39,40)41/h11,13-19,23,34H,8-10,12,20-22,24-25,42H2,1-7H3,(H,43,44)/b17-14-,26-23+,29-11+,31-27+,33-13-,35-28-. The summed E-state index contributed by atoms with van der Waals surface area (Å²) < 4.78 is 55.5. The van der Waals surface area contributed by atoms with Gasteiger partial charge in [0.2, 0.25) is 0 Å². The van der Waals surface area contributed by atoms with Crippen LogP contribution in [-0.2, 0) is 12.7 Å². The Kier molecular flexibility index (Phi) is 15.4. The Balaban J connectivity index is 2.33. The molecule has 0 amide bonds. The highest BCUT2D eigenvalue weighted by molar-refractivity contribution is 5.97. The van der Waals surface area contributed by atoms with Crippen molar-refractivity contribution in [2.45, 2.75) is 112 Å². The van der Waals surface area contributed by atoms with E-state index in [1.54, 1.807) is 13.1 Å². The summed E-state index contributed by atoms with van der Waals surface area (Å²) in [4.78, 5) is 6.44. The predicted molar refractivity (Wildman–Crippen MR) is 181 cm³/mol. The van der Waals surface area contributed by atoms with Crippen LogP contribution in [-0.4, -0.2) is 23.3 Å². The maximum atomic E-state index is 16.2. The van der Waals surface area contributed by atoms with Crippen molar-refractivity contribution in [1.29, 1.82) is 0 Å². The molecule has 1 fully saturated rings. The number of nitrogens with zero attached hydrogens (tertiary/aromatic N) is 2. The lowest BCUT2D eigenvalue weighted by molar-refractivity contribution is -0.137. The second kappa shape index (κ2) is 18.4. The average molecular weight is 629 g/mol. The normalized spacial score (nSPS) is 16.6. The van der Waals surface area contributed by atoms with Crippen LogP contribution >= 0.6 is 0 Å². The number of aliphatic imine (C=N–C) groups is 1. The molecule has 45 heavy (non-hydrogen) atoms. The molecule has 0 saturated heterocycles. The van der Waals surface area contributed by atoms with Crippen molar-refractivity contribution in [3.05, 3.63) is 105 Å². The van der Waals surface area contributed by atoms with Gasteiger partial charge in [-0.05, 0) is 88.6 Å². The van der Waals surface area contributed by atoms with Crippen LogP contribution in [0.1, 0.15) is 105 Å². The number of hydrogen-bond acceptors (Lipinski definition) is 3. The SMILES string of the molecule is C\C=C(/C=C\C(C/C(N)=C/CCC)=C(\C)CC)CNC(=N/C=C(\C)CC)/C(F)=C(\C)N(Cc1ccc(C(F)(F)F)cc1)C1CC1. The molecule has 0 aromatic heterocycles. The quantitative estimate of drug-likeness (QED) is 0.0829. The molecular weight excluding hydrogens is 576 g/mol. The third-order valence-corrected chi connectivity index (χ3v) is 8.05. The zero-order valence-corrected chi connectivity index (χ0v) is 28.1. The Morgan fingerprint density at radius 2 is 1.71 bits per heavy atom. The summed E-state index contributed by atoms with van der Waals surface area (Å²) in [6, 6.07) is 5.21. The van der Waals surface area contributed by atoms with E-state index in [9.17, 15) is 13.2 Å². The topological polar surface area (TPSA) is 53.6 Å². The second-order valence-corrected chi connectivity index (χ2v) is 11.7. The number of rotatable bonds is 16. The van der Waals surface area contributed by atoms with Crippen LogP contribution in [0, 0.1) is 0 Å². The smallest absolute Gasteiger partial charge is 0.402 e. The monoisotopic (exact) mass is 628 g/mol. The molecule has 248 valence electrons. The Bertz CT molecular complexity index is 1320. The lowest BCUT2D eigenvalue weighted by atomic mass is 10.0. The third-order valence-electron chi connectivity index (χ3n) is 8.05. The van der Waals surface area contributed by atoms with Gasteiger partial charge < -0.3 is 16.0 Å². The molecule has 1 saturated carbocycles. The minimum atomic E-state index is -4.40. The highest BCUT2D eigenvalue weighted by Crippen LogP contribution is 2.34. The summed E-state index contributed by atoms with van der Waals surface area (Å²) in [5, 5.41) is 3.22. The number of hydrogen-bond donors (Lipinski definition) is 2. The van der Waals surface area contributed by atoms with Crippen LogP contribution in [0.25, 0.3) is 0 Å². The molecule has 0 bridgehead atoms. The molecule has 4 nitrogen and oxygen atoms in total. The maximum absolute atomic E-state index is 16.2. The number of nitrogens with one attached hydrogen (secondary N) is 1. The van der Waals surface area contributed by atoms with Crippen LogP contribution in [0.5, 0.6) is 0 Å². The van der Waals surface area contributed by atoms with E-state index in [1.807, 2.05) is 37.8 Å². The van der Waals surface area contributed by atoms with Crippen molar-refractivity contribution in [2.24, 2.45) is 10.7 Å². The molecule has 0 aliphatic heterocycles. The molecular formula is C37H52F4N4. The van der Waals surface area contributed by atoms with Crippen LogP contribution in [0.15, 0.2) is 99.3 Å². The van der Waals surface area contributed by atoms with Crippen LogP contribution < -0.4 is 11.1 Å². The van der Waals surface area contributed by atoms with E-state index in [0.717, 1.165) is 67.5 Å². The Hall–Kier alpha value is -3.55. The molecule has 0 atom stereocenters. The van der Waals surface area contributed by atoms with Gasteiger partial charge in [-0.25, -0.2) is 9.38 Å². The van der Waals surface area contributed by atoms with Gasteiger partial charge in [0, 0.05) is 37.4 Å². The molecule has 0 radical (unpaired) electrons. The zero-order valence-electron chi connectivity index (χ0n) is 28.1. The van der Waals surface area contributed by atoms with Crippen molar-refractivity contribution >= 4 is 5.84 Å². The number of benzene rings is 1. The van der Waals surface area contributed by atoms with Gasteiger partial charge >= 0.3 is 6.18 Å². The summed E-state index contributed by atoms with van der Waals surface area (Å²) in [6.07, 6.45) is 11.7. The van der Waals surface area contributed by atoms with Gasteiger partial charge in [-0.15, -0.1) is 0 Å². The maximum Gasteiger partial charge on any atom is 0.416 e. The summed E-state index contributed by atoms with van der Waals surface area (Å²) in [5.41, 5.74) is 12.0. The summed E-state index contributed by atoms with van der Waals surface area (Å²) in [7, 11) is 0. The van der Waals surface area contributed by atoms with Gasteiger partial charge in [-0.3, -0.25) is 0 Å². The van der Waals surface area contributed by atoms with E-state index in [1.165, 1.54) is 23.3 Å². The zero-order chi connectivity index (χ0) is 33.6. The van der Waals surface area contributed by atoms with E-state index in [4.69, 9.17) is 5.73 Å². The lowest BCUT2D eigenvalue weighted by Gasteiger charge is -2.26. The molecule has 1 aromatic carbocycles. The first kappa shape index (κ1) is 37.6. The van der Waals surface area contributed by atoms with E-state index in [0.29, 0.717) is 30.8 Å². The molecule has 0 spiro atoms. The minimum absolute atomic E-state index is 0.123. The molecule has 2 rings (SSSR count). The van der Waals surface area contributed by atoms with Crippen molar-refractivity contribution in [1.82, 2.24) is 10.2 Å². The number of nitrogens with two attached hydrogens (primary N) is 1. The minimum Gasteiger partial charge on any atom is -0.402 e. The highest BCUT2D eigenvalue weighted by Gasteiger charge is 2.32. The number of amidine groups is 1. The van der Waals surface area contributed by atoms with Crippen LogP contribution in [0.4, 0.5) is 17.6 Å². The lowest BCUT2D eigenvalue weighted by Crippen LogP contribution is -2.31. The van der Waals surface area contributed by atoms with E-state index in [2.05, 4.69) is 43.2 Å². The third kappa shape index (κ3) is 12.8. The van der Waals surface area contributed by atoms with Gasteiger partial charge in [0.15, 0.2) is 11.7 Å². The summed E-state index contributed by atoms with van der Waals surface area (Å²) in [6.45, 7) is 14.7. The first-order valence-corrected chi connectivity index (χ1v) is 16.1.